The lowest BCUT2D eigenvalue weighted by Crippen LogP contribution is -2.39. The highest BCUT2D eigenvalue weighted by atomic mass is 19.1. The molecule has 9 heteroatoms. The van der Waals surface area contributed by atoms with Gasteiger partial charge in [-0.05, 0) is 62.2 Å². The van der Waals surface area contributed by atoms with E-state index in [1.807, 2.05) is 44.3 Å². The van der Waals surface area contributed by atoms with Crippen molar-refractivity contribution in [2.24, 2.45) is 4.99 Å². The first-order chi connectivity index (χ1) is 16.5. The quantitative estimate of drug-likeness (QED) is 0.286. The molecule has 0 aliphatic carbocycles. The molecule has 2 aromatic carbocycles. The number of nitrogens with one attached hydrogen (secondary N) is 3. The number of carbonyl (C=O) groups is 1. The number of hydrogen-bond donors (Lipinski definition) is 3. The first kappa shape index (κ1) is 22.9. The summed E-state index contributed by atoms with van der Waals surface area (Å²) in [6.45, 7) is 3.88. The zero-order valence-corrected chi connectivity index (χ0v) is 18.9. The highest BCUT2D eigenvalue weighted by Crippen LogP contribution is 2.19. The predicted octanol–water partition coefficient (Wildman–Crippen LogP) is 3.92. The molecule has 8 nitrogen and oxygen atoms in total. The molecule has 34 heavy (non-hydrogen) atoms. The van der Waals surface area contributed by atoms with E-state index >= 15 is 0 Å². The summed E-state index contributed by atoms with van der Waals surface area (Å²) >= 11 is 0. The number of guanidine groups is 1. The topological polar surface area (TPSA) is 104 Å². The Morgan fingerprint density at radius 3 is 2.62 bits per heavy atom. The van der Waals surface area contributed by atoms with Crippen LogP contribution in [0.15, 0.2) is 65.8 Å². The number of anilines is 1. The van der Waals surface area contributed by atoms with E-state index in [2.05, 4.69) is 30.6 Å². The maximum Gasteiger partial charge on any atom is 0.264 e. The number of H-pyrrole nitrogens is 1. The number of aryl methyl sites for hydroxylation is 2. The number of fused-ring (bicyclic) bond motifs is 1. The monoisotopic (exact) mass is 460 g/mol. The Morgan fingerprint density at radius 1 is 1.09 bits per heavy atom. The highest BCUT2D eigenvalue weighted by Gasteiger charge is 2.11. The fraction of sp³-hybridized carbons (Fsp3) is 0.200. The van der Waals surface area contributed by atoms with Crippen LogP contribution in [-0.2, 0) is 11.2 Å². The fourth-order valence-electron chi connectivity index (χ4n) is 3.48. The molecular weight excluding hydrogens is 435 g/mol. The number of ether oxygens (including phenoxy) is 1. The van der Waals surface area contributed by atoms with E-state index in [4.69, 9.17) is 4.74 Å². The van der Waals surface area contributed by atoms with Crippen molar-refractivity contribution in [3.63, 3.8) is 0 Å². The maximum atomic E-state index is 13.7. The van der Waals surface area contributed by atoms with Crippen molar-refractivity contribution in [1.82, 2.24) is 20.3 Å². The second kappa shape index (κ2) is 10.6. The number of benzene rings is 2. The van der Waals surface area contributed by atoms with Gasteiger partial charge >= 0.3 is 0 Å². The minimum atomic E-state index is -0.381. The fourth-order valence-corrected chi connectivity index (χ4v) is 3.48. The molecule has 4 aromatic rings. The van der Waals surface area contributed by atoms with E-state index in [9.17, 15) is 9.18 Å². The molecule has 0 atom stereocenters. The van der Waals surface area contributed by atoms with Crippen LogP contribution in [0.4, 0.5) is 10.3 Å². The van der Waals surface area contributed by atoms with Crippen molar-refractivity contribution in [1.29, 1.82) is 0 Å². The molecule has 0 radical (unpaired) electrons. The first-order valence-corrected chi connectivity index (χ1v) is 10.8. The summed E-state index contributed by atoms with van der Waals surface area (Å²) in [5, 5.41) is 6.52. The van der Waals surface area contributed by atoms with E-state index in [0.717, 1.165) is 27.9 Å². The van der Waals surface area contributed by atoms with Crippen molar-refractivity contribution in [3.8, 4) is 5.75 Å². The summed E-state index contributed by atoms with van der Waals surface area (Å²) in [4.78, 5) is 28.9. The van der Waals surface area contributed by atoms with Crippen LogP contribution >= 0.6 is 0 Å². The Morgan fingerprint density at radius 2 is 1.85 bits per heavy atom. The van der Waals surface area contributed by atoms with E-state index < -0.39 is 0 Å². The van der Waals surface area contributed by atoms with Gasteiger partial charge in [0.25, 0.3) is 5.91 Å². The molecule has 0 aliphatic rings. The third-order valence-electron chi connectivity index (χ3n) is 4.96. The van der Waals surface area contributed by atoms with Crippen molar-refractivity contribution in [2.75, 3.05) is 18.5 Å². The molecule has 3 N–H and O–H groups in total. The van der Waals surface area contributed by atoms with Gasteiger partial charge in [0.05, 0.1) is 0 Å². The van der Waals surface area contributed by atoms with Crippen LogP contribution in [0.2, 0.25) is 0 Å². The van der Waals surface area contributed by atoms with Gasteiger partial charge in [-0.1, -0.05) is 18.2 Å². The first-order valence-electron chi connectivity index (χ1n) is 10.8. The third-order valence-corrected chi connectivity index (χ3v) is 4.96. The lowest BCUT2D eigenvalue weighted by Gasteiger charge is -2.12. The number of para-hydroxylation sites is 1. The standard InChI is InChI=1S/C25H25FN6O2/c1-16-12-17(2)30-25(29-16)32-24(31-23(33)15-34-20-6-4-3-5-7-20)27-11-10-18-14-28-22-9-8-19(26)13-21(18)22/h3-9,12-14,28H,10-11,15H2,1-2H3,(H2,27,29,30,31,32,33). The van der Waals surface area contributed by atoms with Gasteiger partial charge in [-0.15, -0.1) is 0 Å². The summed E-state index contributed by atoms with van der Waals surface area (Å²) in [6.07, 6.45) is 2.38. The molecule has 2 aromatic heterocycles. The average molecular weight is 461 g/mol. The Kier molecular flexibility index (Phi) is 7.12. The Balaban J connectivity index is 1.46. The van der Waals surface area contributed by atoms with Gasteiger partial charge in [0.1, 0.15) is 11.6 Å². The molecule has 0 bridgehead atoms. The van der Waals surface area contributed by atoms with Crippen LogP contribution in [0, 0.1) is 19.7 Å². The molecule has 174 valence electrons. The SMILES string of the molecule is Cc1cc(C)nc(NC(=NCCc2c[nH]c3ccc(F)cc23)NC(=O)COc2ccccc2)n1. The van der Waals surface area contributed by atoms with Gasteiger partial charge in [-0.25, -0.2) is 14.4 Å². The number of amides is 1. The summed E-state index contributed by atoms with van der Waals surface area (Å²) in [5.74, 6) is 0.450. The molecule has 1 amide bonds. The van der Waals surface area contributed by atoms with E-state index in [1.54, 1.807) is 18.2 Å². The van der Waals surface area contributed by atoms with Gasteiger partial charge in [-0.2, -0.15) is 0 Å². The summed E-state index contributed by atoms with van der Waals surface area (Å²) in [7, 11) is 0. The van der Waals surface area contributed by atoms with Gasteiger partial charge in [-0.3, -0.25) is 20.4 Å². The van der Waals surface area contributed by atoms with Crippen molar-refractivity contribution in [3.05, 3.63) is 83.6 Å². The molecule has 0 unspecified atom stereocenters. The third kappa shape index (κ3) is 6.16. The normalized spacial score (nSPS) is 11.4. The van der Waals surface area contributed by atoms with E-state index in [1.165, 1.54) is 12.1 Å². The van der Waals surface area contributed by atoms with Gasteiger partial charge in [0.15, 0.2) is 6.61 Å². The van der Waals surface area contributed by atoms with Crippen LogP contribution in [0.1, 0.15) is 17.0 Å². The number of carbonyl (C=O) groups excluding carboxylic acids is 1. The second-order valence-corrected chi connectivity index (χ2v) is 7.73. The number of hydrogen-bond acceptors (Lipinski definition) is 5. The minimum Gasteiger partial charge on any atom is -0.484 e. The zero-order valence-electron chi connectivity index (χ0n) is 18.9. The molecule has 4 rings (SSSR count). The molecule has 0 aliphatic heterocycles. The highest BCUT2D eigenvalue weighted by molar-refractivity contribution is 6.03. The lowest BCUT2D eigenvalue weighted by molar-refractivity contribution is -0.121. The number of aromatic amines is 1. The average Bonchev–Trinajstić information content (AvgIpc) is 3.19. The van der Waals surface area contributed by atoms with E-state index in [0.29, 0.717) is 24.7 Å². The van der Waals surface area contributed by atoms with Crippen molar-refractivity contribution in [2.45, 2.75) is 20.3 Å². The number of aliphatic imine (C=N–C) groups is 1. The molecule has 0 saturated heterocycles. The zero-order chi connectivity index (χ0) is 23.9. The van der Waals surface area contributed by atoms with Crippen LogP contribution in [0.5, 0.6) is 5.75 Å². The molecule has 0 saturated carbocycles. The van der Waals surface area contributed by atoms with E-state index in [-0.39, 0.29) is 24.3 Å². The van der Waals surface area contributed by atoms with Crippen LogP contribution in [0.3, 0.4) is 0 Å². The van der Waals surface area contributed by atoms with Crippen LogP contribution < -0.4 is 15.4 Å². The minimum absolute atomic E-state index is 0.180. The summed E-state index contributed by atoms with van der Waals surface area (Å²) in [5.41, 5.74) is 3.36. The molecule has 0 fully saturated rings. The maximum absolute atomic E-state index is 13.7. The summed E-state index contributed by atoms with van der Waals surface area (Å²) < 4.78 is 19.2. The molecular formula is C25H25FN6O2. The largest absolute Gasteiger partial charge is 0.484 e. The van der Waals surface area contributed by atoms with Gasteiger partial charge in [0, 0.05) is 35.0 Å². The van der Waals surface area contributed by atoms with Gasteiger partial charge < -0.3 is 9.72 Å². The van der Waals surface area contributed by atoms with Gasteiger partial charge in [0.2, 0.25) is 11.9 Å². The number of aromatic nitrogens is 3. The molecule has 2 heterocycles. The second-order valence-electron chi connectivity index (χ2n) is 7.73. The number of rotatable bonds is 7. The predicted molar refractivity (Wildman–Crippen MR) is 129 cm³/mol. The summed E-state index contributed by atoms with van der Waals surface area (Å²) in [6, 6.07) is 15.5. The Bertz CT molecular complexity index is 1300. The lowest BCUT2D eigenvalue weighted by atomic mass is 10.1. The van der Waals surface area contributed by atoms with Crippen LogP contribution in [-0.4, -0.2) is 40.0 Å². The van der Waals surface area contributed by atoms with Crippen molar-refractivity contribution >= 4 is 28.7 Å². The smallest absolute Gasteiger partial charge is 0.264 e. The van der Waals surface area contributed by atoms with Crippen LogP contribution in [0.25, 0.3) is 10.9 Å². The van der Waals surface area contributed by atoms with Crippen molar-refractivity contribution < 1.29 is 13.9 Å². The number of nitrogens with zero attached hydrogens (tertiary/aromatic N) is 3. The molecule has 0 spiro atoms. The Hall–Kier alpha value is -4.27. The Labute approximate surface area is 196 Å². The number of halogens is 1.